The zero-order valence-corrected chi connectivity index (χ0v) is 11.0. The molecule has 0 aromatic carbocycles. The van der Waals surface area contributed by atoms with Gasteiger partial charge in [-0.1, -0.05) is 26.3 Å². The lowest BCUT2D eigenvalue weighted by atomic mass is 9.99. The molecule has 2 N–H and O–H groups in total. The molecule has 0 unspecified atom stereocenters. The Morgan fingerprint density at radius 1 is 1.53 bits per heavy atom. The number of carboxylic acids is 1. The number of hydrogen-bond donors (Lipinski definition) is 2. The van der Waals surface area contributed by atoms with E-state index in [1.807, 2.05) is 6.92 Å². The summed E-state index contributed by atoms with van der Waals surface area (Å²) in [5.41, 5.74) is 0.785. The summed E-state index contributed by atoms with van der Waals surface area (Å²) in [7, 11) is 0. The van der Waals surface area contributed by atoms with Crippen LogP contribution < -0.4 is 5.32 Å². The normalized spacial score (nSPS) is 14.0. The Morgan fingerprint density at radius 3 is 2.79 bits per heavy atom. The molecule has 0 aliphatic rings. The predicted molar refractivity (Wildman–Crippen MR) is 72.3 cm³/mol. The van der Waals surface area contributed by atoms with Gasteiger partial charge >= 0.3 is 5.97 Å². The van der Waals surface area contributed by atoms with Crippen LogP contribution >= 0.6 is 0 Å². The number of carbonyl (C=O) groups excluding carboxylic acids is 1. The summed E-state index contributed by atoms with van der Waals surface area (Å²) in [6.45, 7) is 3.68. The van der Waals surface area contributed by atoms with Gasteiger partial charge in [-0.3, -0.25) is 9.78 Å². The summed E-state index contributed by atoms with van der Waals surface area (Å²) in [5, 5.41) is 11.6. The van der Waals surface area contributed by atoms with Gasteiger partial charge in [-0.15, -0.1) is 0 Å². The maximum Gasteiger partial charge on any atom is 0.326 e. The average Bonchev–Trinajstić information content (AvgIpc) is 2.42. The van der Waals surface area contributed by atoms with Gasteiger partial charge in [0.15, 0.2) is 0 Å². The first-order chi connectivity index (χ1) is 9.04. The molecule has 1 rings (SSSR count). The highest BCUT2D eigenvalue weighted by Crippen LogP contribution is 2.08. The molecule has 1 amide bonds. The molecule has 5 nitrogen and oxygen atoms in total. The zero-order valence-electron chi connectivity index (χ0n) is 11.0. The Morgan fingerprint density at radius 2 is 2.26 bits per heavy atom. The summed E-state index contributed by atoms with van der Waals surface area (Å²) >= 11 is 0. The van der Waals surface area contributed by atoms with Gasteiger partial charge in [0, 0.05) is 18.5 Å². The number of hydrogen-bond acceptors (Lipinski definition) is 3. The van der Waals surface area contributed by atoms with Gasteiger partial charge in [0.1, 0.15) is 6.04 Å². The van der Waals surface area contributed by atoms with Crippen molar-refractivity contribution in [1.29, 1.82) is 0 Å². The average molecular weight is 262 g/mol. The van der Waals surface area contributed by atoms with E-state index in [1.165, 1.54) is 6.08 Å². The van der Waals surface area contributed by atoms with E-state index in [4.69, 9.17) is 5.11 Å². The largest absolute Gasteiger partial charge is 0.480 e. The lowest BCUT2D eigenvalue weighted by molar-refractivity contribution is -0.142. The van der Waals surface area contributed by atoms with Gasteiger partial charge in [0.05, 0.1) is 0 Å². The van der Waals surface area contributed by atoms with Crippen LogP contribution in [0.15, 0.2) is 30.6 Å². The number of nitrogens with zero attached hydrogens (tertiary/aromatic N) is 1. The second kappa shape index (κ2) is 7.31. The number of amides is 1. The van der Waals surface area contributed by atoms with Gasteiger partial charge < -0.3 is 10.4 Å². The van der Waals surface area contributed by atoms with Crippen LogP contribution in [0.1, 0.15) is 25.8 Å². The first-order valence-corrected chi connectivity index (χ1v) is 6.16. The number of nitrogens with one attached hydrogen (secondary N) is 1. The molecule has 1 heterocycles. The van der Waals surface area contributed by atoms with Crippen LogP contribution in [0.25, 0.3) is 6.08 Å². The number of rotatable bonds is 6. The molecule has 0 radical (unpaired) electrons. The fraction of sp³-hybridized carbons (Fsp3) is 0.357. The number of aliphatic carboxylic acids is 1. The molecule has 19 heavy (non-hydrogen) atoms. The predicted octanol–water partition coefficient (Wildman–Crippen LogP) is 1.71. The lowest BCUT2D eigenvalue weighted by Gasteiger charge is -2.19. The first kappa shape index (κ1) is 14.9. The van der Waals surface area contributed by atoms with Crippen LogP contribution in [0.4, 0.5) is 0 Å². The Kier molecular flexibility index (Phi) is 5.73. The molecule has 1 aromatic heterocycles. The molecule has 102 valence electrons. The van der Waals surface area contributed by atoms with Crippen molar-refractivity contribution in [1.82, 2.24) is 10.3 Å². The minimum atomic E-state index is -1.02. The molecule has 1 aromatic rings. The third kappa shape index (κ3) is 4.91. The van der Waals surface area contributed by atoms with Crippen LogP contribution in [0.3, 0.4) is 0 Å². The molecular formula is C14H18N2O3. The number of aromatic nitrogens is 1. The van der Waals surface area contributed by atoms with E-state index in [1.54, 1.807) is 37.5 Å². The fourth-order valence-corrected chi connectivity index (χ4v) is 1.53. The third-order valence-corrected chi connectivity index (χ3v) is 2.89. The van der Waals surface area contributed by atoms with E-state index in [0.717, 1.165) is 5.56 Å². The van der Waals surface area contributed by atoms with Gasteiger partial charge in [-0.2, -0.15) is 0 Å². The van der Waals surface area contributed by atoms with Crippen molar-refractivity contribution in [2.24, 2.45) is 5.92 Å². The SMILES string of the molecule is CC[C@H](C)[C@H](NC(=O)/C=C/c1cccnc1)C(=O)O. The standard InChI is InChI=1S/C14H18N2O3/c1-3-10(2)13(14(18)19)16-12(17)7-6-11-5-4-8-15-9-11/h4-10,13H,3H2,1-2H3,(H,16,17)(H,18,19)/b7-6+/t10-,13-/m0/s1. The van der Waals surface area contributed by atoms with Crippen LogP contribution in [-0.2, 0) is 9.59 Å². The van der Waals surface area contributed by atoms with E-state index in [-0.39, 0.29) is 5.92 Å². The smallest absolute Gasteiger partial charge is 0.326 e. The molecular weight excluding hydrogens is 244 g/mol. The van der Waals surface area contributed by atoms with Gasteiger partial charge in [-0.05, 0) is 23.6 Å². The molecule has 0 saturated carbocycles. The number of carbonyl (C=O) groups is 2. The molecule has 0 saturated heterocycles. The maximum absolute atomic E-state index is 11.7. The second-order valence-corrected chi connectivity index (χ2v) is 4.33. The second-order valence-electron chi connectivity index (χ2n) is 4.33. The Hall–Kier alpha value is -2.17. The van der Waals surface area contributed by atoms with E-state index in [2.05, 4.69) is 10.3 Å². The maximum atomic E-state index is 11.7. The Balaban J connectivity index is 2.63. The van der Waals surface area contributed by atoms with E-state index in [0.29, 0.717) is 6.42 Å². The van der Waals surface area contributed by atoms with Crippen LogP contribution in [0, 0.1) is 5.92 Å². The molecule has 0 aliphatic carbocycles. The summed E-state index contributed by atoms with van der Waals surface area (Å²) in [4.78, 5) is 26.6. The van der Waals surface area contributed by atoms with Crippen LogP contribution in [-0.4, -0.2) is 28.0 Å². The minimum absolute atomic E-state index is 0.117. The quantitative estimate of drug-likeness (QED) is 0.765. The Labute approximate surface area is 112 Å². The highest BCUT2D eigenvalue weighted by Gasteiger charge is 2.24. The summed E-state index contributed by atoms with van der Waals surface area (Å²) in [6, 6.07) is 2.70. The number of carboxylic acid groups (broad SMARTS) is 1. The molecule has 5 heteroatoms. The van der Waals surface area contributed by atoms with Crippen LogP contribution in [0.2, 0.25) is 0 Å². The van der Waals surface area contributed by atoms with Crippen molar-refractivity contribution >= 4 is 18.0 Å². The van der Waals surface area contributed by atoms with E-state index < -0.39 is 17.9 Å². The van der Waals surface area contributed by atoms with E-state index >= 15 is 0 Å². The monoisotopic (exact) mass is 262 g/mol. The van der Waals surface area contributed by atoms with Crippen molar-refractivity contribution in [3.05, 3.63) is 36.2 Å². The molecule has 2 atom stereocenters. The van der Waals surface area contributed by atoms with Crippen LogP contribution in [0.5, 0.6) is 0 Å². The van der Waals surface area contributed by atoms with E-state index in [9.17, 15) is 9.59 Å². The molecule has 0 spiro atoms. The molecule has 0 bridgehead atoms. The lowest BCUT2D eigenvalue weighted by Crippen LogP contribution is -2.44. The summed E-state index contributed by atoms with van der Waals surface area (Å²) < 4.78 is 0. The van der Waals surface area contributed by atoms with Gasteiger partial charge in [0.25, 0.3) is 0 Å². The fourth-order valence-electron chi connectivity index (χ4n) is 1.53. The first-order valence-electron chi connectivity index (χ1n) is 6.16. The van der Waals surface area contributed by atoms with Crippen molar-refractivity contribution < 1.29 is 14.7 Å². The highest BCUT2D eigenvalue weighted by atomic mass is 16.4. The number of pyridine rings is 1. The van der Waals surface area contributed by atoms with Gasteiger partial charge in [-0.25, -0.2) is 4.79 Å². The van der Waals surface area contributed by atoms with Gasteiger partial charge in [0.2, 0.25) is 5.91 Å². The topological polar surface area (TPSA) is 79.3 Å². The van der Waals surface area contributed by atoms with Crippen molar-refractivity contribution in [2.45, 2.75) is 26.3 Å². The van der Waals surface area contributed by atoms with Crippen molar-refractivity contribution in [3.8, 4) is 0 Å². The Bertz CT molecular complexity index is 457. The minimum Gasteiger partial charge on any atom is -0.480 e. The third-order valence-electron chi connectivity index (χ3n) is 2.89. The van der Waals surface area contributed by atoms with Crippen molar-refractivity contribution in [3.63, 3.8) is 0 Å². The van der Waals surface area contributed by atoms with Crippen molar-refractivity contribution in [2.75, 3.05) is 0 Å². The zero-order chi connectivity index (χ0) is 14.3. The molecule has 0 aliphatic heterocycles. The highest BCUT2D eigenvalue weighted by molar-refractivity contribution is 5.94. The molecule has 0 fully saturated rings. The summed E-state index contributed by atoms with van der Waals surface area (Å²) in [6.07, 6.45) is 6.85. The summed E-state index contributed by atoms with van der Waals surface area (Å²) in [5.74, 6) is -1.55.